The summed E-state index contributed by atoms with van der Waals surface area (Å²) < 4.78 is 29.6. The molecule has 0 fully saturated rings. The summed E-state index contributed by atoms with van der Waals surface area (Å²) in [4.78, 5) is 26.6. The molecule has 25 heavy (non-hydrogen) atoms. The lowest BCUT2D eigenvalue weighted by Gasteiger charge is -2.32. The monoisotopic (exact) mass is 369 g/mol. The molecule has 1 aromatic rings. The first-order chi connectivity index (χ1) is 11.5. The zero-order chi connectivity index (χ0) is 19.4. The third kappa shape index (κ3) is 5.04. The van der Waals surface area contributed by atoms with Gasteiger partial charge in [-0.15, -0.1) is 0 Å². The van der Waals surface area contributed by atoms with Gasteiger partial charge in [0.05, 0.1) is 16.2 Å². The molecule has 6 nitrogen and oxygen atoms in total. The number of hydrogen-bond donors (Lipinski definition) is 0. The number of rotatable bonds is 7. The van der Waals surface area contributed by atoms with E-state index in [9.17, 15) is 18.0 Å². The summed E-state index contributed by atoms with van der Waals surface area (Å²) in [5, 5.41) is 0. The maximum absolute atomic E-state index is 12.6. The molecule has 0 aliphatic heterocycles. The molecule has 0 N–H and O–H groups in total. The first kappa shape index (κ1) is 21.2. The van der Waals surface area contributed by atoms with Crippen molar-refractivity contribution < 1.29 is 22.7 Å². The fourth-order valence-corrected chi connectivity index (χ4v) is 3.73. The Morgan fingerprint density at radius 2 is 1.56 bits per heavy atom. The molecular formula is C18H27NO5S. The first-order valence-corrected chi connectivity index (χ1v) is 10.0. The second-order valence-corrected chi connectivity index (χ2v) is 8.63. The van der Waals surface area contributed by atoms with Gasteiger partial charge in [-0.2, -0.15) is 0 Å². The van der Waals surface area contributed by atoms with Crippen LogP contribution in [0.2, 0.25) is 0 Å². The van der Waals surface area contributed by atoms with Crippen LogP contribution in [0.15, 0.2) is 29.2 Å². The molecule has 1 amide bonds. The largest absolute Gasteiger partial charge is 0.449 e. The molecule has 7 heteroatoms. The van der Waals surface area contributed by atoms with Crippen molar-refractivity contribution >= 4 is 21.7 Å². The van der Waals surface area contributed by atoms with Gasteiger partial charge in [-0.3, -0.25) is 4.79 Å². The summed E-state index contributed by atoms with van der Waals surface area (Å²) in [6.45, 7) is 10.5. The summed E-state index contributed by atoms with van der Waals surface area (Å²) in [5.74, 6) is -1.25. The summed E-state index contributed by atoms with van der Waals surface area (Å²) in [6.07, 6.45) is -1.00. The van der Waals surface area contributed by atoms with E-state index in [2.05, 4.69) is 0 Å². The van der Waals surface area contributed by atoms with Gasteiger partial charge in [0.15, 0.2) is 15.9 Å². The summed E-state index contributed by atoms with van der Waals surface area (Å²) in [6, 6.07) is 5.79. The van der Waals surface area contributed by atoms with Crippen molar-refractivity contribution in [3.05, 3.63) is 29.8 Å². The minimum atomic E-state index is -3.57. The Morgan fingerprint density at radius 1 is 1.04 bits per heavy atom. The number of nitrogens with zero attached hydrogens (tertiary/aromatic N) is 1. The van der Waals surface area contributed by atoms with E-state index >= 15 is 0 Å². The lowest BCUT2D eigenvalue weighted by molar-refractivity contribution is -0.143. The number of carbonyl (C=O) groups excluding carboxylic acids is 2. The van der Waals surface area contributed by atoms with E-state index in [1.807, 2.05) is 27.7 Å². The third-order valence-corrected chi connectivity index (χ3v) is 5.61. The average molecular weight is 369 g/mol. The molecule has 0 spiro atoms. The smallest absolute Gasteiger partial charge is 0.340 e. The normalized spacial score (nSPS) is 13.0. The van der Waals surface area contributed by atoms with Crippen LogP contribution in [0.5, 0.6) is 0 Å². The number of ether oxygens (including phenoxy) is 1. The molecule has 0 aliphatic rings. The standard InChI is InChI=1S/C18H27NO5S/c1-7-25(22,23)16-11-9-8-10-15(16)18(21)24-14(6)17(20)19(12(2)3)13(4)5/h8-14H,7H2,1-6H3/t14-/m0/s1. The molecule has 1 rings (SSSR count). The number of esters is 1. The Balaban J connectivity index is 3.06. The van der Waals surface area contributed by atoms with Crippen LogP contribution in [0.1, 0.15) is 51.9 Å². The molecule has 0 saturated heterocycles. The van der Waals surface area contributed by atoms with Gasteiger partial charge in [-0.25, -0.2) is 13.2 Å². The Kier molecular flexibility index (Phi) is 7.17. The number of amides is 1. The van der Waals surface area contributed by atoms with Crippen LogP contribution >= 0.6 is 0 Å². The van der Waals surface area contributed by atoms with E-state index in [1.165, 1.54) is 26.0 Å². The van der Waals surface area contributed by atoms with Gasteiger partial charge in [-0.05, 0) is 46.8 Å². The van der Waals surface area contributed by atoms with E-state index in [0.29, 0.717) is 0 Å². The summed E-state index contributed by atoms with van der Waals surface area (Å²) in [5.41, 5.74) is -0.0513. The van der Waals surface area contributed by atoms with Gasteiger partial charge in [0.2, 0.25) is 0 Å². The van der Waals surface area contributed by atoms with E-state index in [1.54, 1.807) is 17.0 Å². The Morgan fingerprint density at radius 3 is 2.04 bits per heavy atom. The predicted octanol–water partition coefficient (Wildman–Crippen LogP) is 2.67. The third-order valence-electron chi connectivity index (χ3n) is 3.82. The van der Waals surface area contributed by atoms with E-state index < -0.39 is 21.9 Å². The van der Waals surface area contributed by atoms with E-state index in [0.717, 1.165) is 0 Å². The van der Waals surface area contributed by atoms with Crippen LogP contribution in [0.4, 0.5) is 0 Å². The fraction of sp³-hybridized carbons (Fsp3) is 0.556. The second kappa shape index (κ2) is 8.47. The van der Waals surface area contributed by atoms with Crippen LogP contribution in [-0.4, -0.2) is 49.1 Å². The van der Waals surface area contributed by atoms with Crippen molar-refractivity contribution in [2.45, 2.75) is 64.6 Å². The quantitative estimate of drug-likeness (QED) is 0.690. The van der Waals surface area contributed by atoms with Gasteiger partial charge < -0.3 is 9.64 Å². The zero-order valence-corrected chi connectivity index (χ0v) is 16.5. The van der Waals surface area contributed by atoms with Crippen molar-refractivity contribution in [2.24, 2.45) is 0 Å². The number of carbonyl (C=O) groups is 2. The van der Waals surface area contributed by atoms with Gasteiger partial charge in [0, 0.05) is 12.1 Å². The van der Waals surface area contributed by atoms with Crippen LogP contribution < -0.4 is 0 Å². The number of sulfone groups is 1. The highest BCUT2D eigenvalue weighted by Gasteiger charge is 2.29. The number of benzene rings is 1. The van der Waals surface area contributed by atoms with Crippen LogP contribution in [0.25, 0.3) is 0 Å². The van der Waals surface area contributed by atoms with Crippen molar-refractivity contribution in [1.82, 2.24) is 4.90 Å². The second-order valence-electron chi connectivity index (χ2n) is 6.38. The minimum Gasteiger partial charge on any atom is -0.449 e. The minimum absolute atomic E-state index is 0.0404. The maximum Gasteiger partial charge on any atom is 0.340 e. The predicted molar refractivity (Wildman–Crippen MR) is 96.2 cm³/mol. The molecule has 140 valence electrons. The molecule has 0 saturated carbocycles. The number of hydrogen-bond acceptors (Lipinski definition) is 5. The molecule has 0 unspecified atom stereocenters. The molecule has 1 aromatic carbocycles. The zero-order valence-electron chi connectivity index (χ0n) is 15.6. The molecule has 0 heterocycles. The Labute approximate surface area is 150 Å². The van der Waals surface area contributed by atoms with Crippen molar-refractivity contribution in [3.8, 4) is 0 Å². The lowest BCUT2D eigenvalue weighted by Crippen LogP contribution is -2.47. The highest BCUT2D eigenvalue weighted by atomic mass is 32.2. The molecular weight excluding hydrogens is 342 g/mol. The Hall–Kier alpha value is -1.89. The fourth-order valence-electron chi connectivity index (χ4n) is 2.65. The van der Waals surface area contributed by atoms with Gasteiger partial charge in [0.25, 0.3) is 5.91 Å². The van der Waals surface area contributed by atoms with Crippen molar-refractivity contribution in [1.29, 1.82) is 0 Å². The lowest BCUT2D eigenvalue weighted by atomic mass is 10.2. The summed E-state index contributed by atoms with van der Waals surface area (Å²) >= 11 is 0. The van der Waals surface area contributed by atoms with Gasteiger partial charge in [-0.1, -0.05) is 19.1 Å². The molecule has 0 aliphatic carbocycles. The average Bonchev–Trinajstić information content (AvgIpc) is 2.53. The molecule has 0 aromatic heterocycles. The molecule has 0 bridgehead atoms. The topological polar surface area (TPSA) is 80.7 Å². The van der Waals surface area contributed by atoms with Crippen molar-refractivity contribution in [3.63, 3.8) is 0 Å². The van der Waals surface area contributed by atoms with Gasteiger partial charge >= 0.3 is 5.97 Å². The van der Waals surface area contributed by atoms with Crippen LogP contribution in [0, 0.1) is 0 Å². The van der Waals surface area contributed by atoms with Crippen molar-refractivity contribution in [2.75, 3.05) is 5.75 Å². The Bertz CT molecular complexity index is 717. The first-order valence-electron chi connectivity index (χ1n) is 8.37. The molecule has 1 atom stereocenters. The SMILES string of the molecule is CCS(=O)(=O)c1ccccc1C(=O)O[C@@H](C)C(=O)N(C(C)C)C(C)C. The molecule has 0 radical (unpaired) electrons. The highest BCUT2D eigenvalue weighted by Crippen LogP contribution is 2.19. The van der Waals surface area contributed by atoms with Crippen LogP contribution in [-0.2, 0) is 19.4 Å². The maximum atomic E-state index is 12.6. The summed E-state index contributed by atoms with van der Waals surface area (Å²) in [7, 11) is -3.57. The van der Waals surface area contributed by atoms with Gasteiger partial charge in [0.1, 0.15) is 0 Å². The highest BCUT2D eigenvalue weighted by molar-refractivity contribution is 7.91. The van der Waals surface area contributed by atoms with E-state index in [4.69, 9.17) is 4.74 Å². The van der Waals surface area contributed by atoms with E-state index in [-0.39, 0.29) is 34.2 Å². The van der Waals surface area contributed by atoms with Crippen LogP contribution in [0.3, 0.4) is 0 Å².